The lowest BCUT2D eigenvalue weighted by molar-refractivity contribution is -0.116. The van der Waals surface area contributed by atoms with Crippen LogP contribution in [0.15, 0.2) is 58.4 Å². The van der Waals surface area contributed by atoms with E-state index in [-0.39, 0.29) is 29.1 Å². The topological polar surface area (TPSA) is 51.1 Å². The summed E-state index contributed by atoms with van der Waals surface area (Å²) in [5.41, 5.74) is 2.89. The van der Waals surface area contributed by atoms with Gasteiger partial charge in [-0.15, -0.1) is 11.8 Å². The summed E-state index contributed by atoms with van der Waals surface area (Å²) < 4.78 is 15.3. The lowest BCUT2D eigenvalue weighted by Crippen LogP contribution is -2.34. The van der Waals surface area contributed by atoms with Crippen LogP contribution in [0.1, 0.15) is 41.2 Å². The summed E-state index contributed by atoms with van der Waals surface area (Å²) in [6.07, 6.45) is 3.73. The molecule has 1 aliphatic heterocycles. The van der Waals surface area contributed by atoms with Crippen molar-refractivity contribution in [2.45, 2.75) is 48.9 Å². The molecule has 0 radical (unpaired) electrons. The van der Waals surface area contributed by atoms with Gasteiger partial charge in [0.05, 0.1) is 5.03 Å². The van der Waals surface area contributed by atoms with Crippen molar-refractivity contribution in [1.29, 1.82) is 0 Å². The second-order valence-corrected chi connectivity index (χ2v) is 11.7. The Balaban J connectivity index is 1.37. The highest BCUT2D eigenvalue weighted by molar-refractivity contribution is 8.00. The Bertz CT molecular complexity index is 1280. The highest BCUT2D eigenvalue weighted by atomic mass is 32.2. The fourth-order valence-electron chi connectivity index (χ4n) is 6.20. The molecule has 7 heteroatoms. The zero-order valence-corrected chi connectivity index (χ0v) is 19.9. The van der Waals surface area contributed by atoms with Crippen molar-refractivity contribution >= 4 is 34.7 Å². The molecule has 2 aromatic carbocycles. The van der Waals surface area contributed by atoms with E-state index in [1.165, 1.54) is 42.7 Å². The van der Waals surface area contributed by atoms with Gasteiger partial charge in [-0.3, -0.25) is 14.2 Å². The van der Waals surface area contributed by atoms with E-state index in [2.05, 4.69) is 5.32 Å². The molecule has 0 spiro atoms. The number of nitrogens with one attached hydrogen (secondary N) is 1. The van der Waals surface area contributed by atoms with Gasteiger partial charge in [0.15, 0.2) is 0 Å². The van der Waals surface area contributed by atoms with Crippen molar-refractivity contribution in [3.63, 3.8) is 0 Å². The first-order chi connectivity index (χ1) is 16.0. The molecule has 6 rings (SSSR count). The molecule has 3 aromatic rings. The van der Waals surface area contributed by atoms with Crippen LogP contribution in [-0.4, -0.2) is 15.7 Å². The molecular formula is C26H25FN2O2S2. The number of halogens is 1. The van der Waals surface area contributed by atoms with Crippen molar-refractivity contribution in [2.75, 3.05) is 5.32 Å². The molecular weight excluding hydrogens is 455 g/mol. The maximum absolute atomic E-state index is 13.7. The van der Waals surface area contributed by atoms with Gasteiger partial charge in [0.1, 0.15) is 12.4 Å². The van der Waals surface area contributed by atoms with Crippen LogP contribution < -0.4 is 10.2 Å². The Kier molecular flexibility index (Phi) is 5.22. The Labute approximate surface area is 200 Å². The van der Waals surface area contributed by atoms with Crippen LogP contribution in [0.25, 0.3) is 0 Å². The summed E-state index contributed by atoms with van der Waals surface area (Å²) in [7, 11) is 0. The van der Waals surface area contributed by atoms with Crippen molar-refractivity contribution in [2.24, 2.45) is 17.8 Å². The number of fused-ring (bicyclic) bond motifs is 6. The molecule has 5 atom stereocenters. The van der Waals surface area contributed by atoms with E-state index >= 15 is 0 Å². The van der Waals surface area contributed by atoms with Crippen LogP contribution in [0.5, 0.6) is 0 Å². The van der Waals surface area contributed by atoms with Crippen LogP contribution in [0, 0.1) is 30.5 Å². The number of amides is 1. The third-order valence-corrected chi connectivity index (χ3v) is 10.3. The molecule has 4 nitrogen and oxygen atoms in total. The summed E-state index contributed by atoms with van der Waals surface area (Å²) in [5.74, 6) is 1.45. The number of anilines is 1. The third-order valence-electron chi connectivity index (χ3n) is 7.52. The first-order valence-corrected chi connectivity index (χ1v) is 13.2. The van der Waals surface area contributed by atoms with Crippen LogP contribution in [0.3, 0.4) is 0 Å². The van der Waals surface area contributed by atoms with Gasteiger partial charge < -0.3 is 5.32 Å². The molecule has 2 bridgehead atoms. The summed E-state index contributed by atoms with van der Waals surface area (Å²) in [4.78, 5) is 26.9. The fourth-order valence-corrected chi connectivity index (χ4v) is 9.35. The number of hydrogen-bond acceptors (Lipinski definition) is 4. The van der Waals surface area contributed by atoms with E-state index in [0.717, 1.165) is 26.7 Å². The maximum atomic E-state index is 13.7. The maximum Gasteiger partial charge on any atom is 0.308 e. The molecule has 1 amide bonds. The van der Waals surface area contributed by atoms with E-state index in [1.807, 2.05) is 55.1 Å². The standard InChI is InChI=1S/C26H25FN2O2S2/c1-14-3-2-4-19(11-14)28-20(30)13-29-25-24(33-26(29)31)21(15-7-9-18(27)10-8-15)22-16-5-6-17(12-16)23(22)32-25/h2-4,7-11,16-17,21-23H,5-6,12-13H2,1H3,(H,28,30)/t16-,17-,21-,22-,23+/m0/s1. The van der Waals surface area contributed by atoms with Crippen LogP contribution in [0.4, 0.5) is 10.1 Å². The Morgan fingerprint density at radius 1 is 1.15 bits per heavy atom. The Hall–Kier alpha value is -2.38. The number of hydrogen-bond donors (Lipinski definition) is 1. The molecule has 2 heterocycles. The molecule has 3 aliphatic rings. The number of carbonyl (C=O) groups excluding carboxylic acids is 1. The normalized spacial score (nSPS) is 27.3. The Morgan fingerprint density at radius 2 is 1.94 bits per heavy atom. The average molecular weight is 481 g/mol. The van der Waals surface area contributed by atoms with Gasteiger partial charge in [0.25, 0.3) is 0 Å². The van der Waals surface area contributed by atoms with Crippen molar-refractivity contribution in [1.82, 2.24) is 4.57 Å². The number of thiazole rings is 1. The van der Waals surface area contributed by atoms with Crippen LogP contribution in [0.2, 0.25) is 0 Å². The number of aromatic nitrogens is 1. The fraction of sp³-hybridized carbons (Fsp3) is 0.385. The van der Waals surface area contributed by atoms with Crippen molar-refractivity contribution in [3.05, 3.63) is 80.0 Å². The number of carbonyl (C=O) groups is 1. The smallest absolute Gasteiger partial charge is 0.308 e. The summed E-state index contributed by atoms with van der Waals surface area (Å²) in [5, 5.41) is 4.32. The number of benzene rings is 2. The zero-order chi connectivity index (χ0) is 22.7. The SMILES string of the molecule is Cc1cccc(NC(=O)Cn2c3c(sc2=O)[C@@H](c2ccc(F)cc2)[C@@H]2[C@H]4CC[C@@H](C4)[C@H]2S3)c1. The minimum Gasteiger partial charge on any atom is -0.325 e. The minimum atomic E-state index is -0.243. The zero-order valence-electron chi connectivity index (χ0n) is 18.3. The van der Waals surface area contributed by atoms with Gasteiger partial charge >= 0.3 is 4.87 Å². The lowest BCUT2D eigenvalue weighted by Gasteiger charge is -2.40. The Morgan fingerprint density at radius 3 is 2.73 bits per heavy atom. The summed E-state index contributed by atoms with van der Waals surface area (Å²) in [6, 6.07) is 14.5. The van der Waals surface area contributed by atoms with Crippen LogP contribution in [-0.2, 0) is 11.3 Å². The number of thioether (sulfide) groups is 1. The van der Waals surface area contributed by atoms with E-state index in [4.69, 9.17) is 0 Å². The second-order valence-electron chi connectivity index (χ2n) is 9.56. The highest BCUT2D eigenvalue weighted by Gasteiger charge is 2.55. The van der Waals surface area contributed by atoms with E-state index in [0.29, 0.717) is 23.0 Å². The molecule has 170 valence electrons. The first-order valence-electron chi connectivity index (χ1n) is 11.5. The van der Waals surface area contributed by atoms with Gasteiger partial charge in [-0.1, -0.05) is 35.6 Å². The summed E-state index contributed by atoms with van der Waals surface area (Å²) >= 11 is 3.07. The predicted molar refractivity (Wildman–Crippen MR) is 131 cm³/mol. The van der Waals surface area contributed by atoms with Gasteiger partial charge in [-0.2, -0.15) is 0 Å². The summed E-state index contributed by atoms with van der Waals surface area (Å²) in [6.45, 7) is 1.99. The largest absolute Gasteiger partial charge is 0.325 e. The molecule has 2 saturated carbocycles. The molecule has 1 aromatic heterocycles. The minimum absolute atomic E-state index is 0.00717. The number of aryl methyl sites for hydroxylation is 1. The van der Waals surface area contributed by atoms with E-state index < -0.39 is 0 Å². The number of nitrogens with zero attached hydrogens (tertiary/aromatic N) is 1. The first kappa shape index (κ1) is 21.2. The quantitative estimate of drug-likeness (QED) is 0.525. The molecule has 2 fully saturated rings. The van der Waals surface area contributed by atoms with E-state index in [1.54, 1.807) is 4.57 Å². The molecule has 33 heavy (non-hydrogen) atoms. The predicted octanol–water partition coefficient (Wildman–Crippen LogP) is 5.65. The van der Waals surface area contributed by atoms with Gasteiger partial charge in [0.2, 0.25) is 5.91 Å². The van der Waals surface area contributed by atoms with Gasteiger partial charge in [-0.25, -0.2) is 4.39 Å². The average Bonchev–Trinajstić information content (AvgIpc) is 3.48. The second kappa shape index (κ2) is 8.13. The lowest BCUT2D eigenvalue weighted by atomic mass is 9.75. The van der Waals surface area contributed by atoms with Crippen molar-refractivity contribution < 1.29 is 9.18 Å². The van der Waals surface area contributed by atoms with Crippen molar-refractivity contribution in [3.8, 4) is 0 Å². The van der Waals surface area contributed by atoms with Crippen LogP contribution >= 0.6 is 23.1 Å². The van der Waals surface area contributed by atoms with Gasteiger partial charge in [0, 0.05) is 21.7 Å². The highest BCUT2D eigenvalue weighted by Crippen LogP contribution is 2.63. The van der Waals surface area contributed by atoms with Gasteiger partial charge in [-0.05, 0) is 79.3 Å². The number of rotatable bonds is 4. The monoisotopic (exact) mass is 480 g/mol. The molecule has 0 saturated heterocycles. The third kappa shape index (κ3) is 3.66. The molecule has 1 N–H and O–H groups in total. The van der Waals surface area contributed by atoms with E-state index in [9.17, 15) is 14.0 Å². The molecule has 2 aliphatic carbocycles. The molecule has 0 unspecified atom stereocenters.